The molecule has 2 rings (SSSR count). The topological polar surface area (TPSA) is 65.5 Å². The lowest BCUT2D eigenvalue weighted by Gasteiger charge is -2.23. The van der Waals surface area contributed by atoms with E-state index in [2.05, 4.69) is 15.3 Å². The Morgan fingerprint density at radius 1 is 1.47 bits per heavy atom. The SMILES string of the molecule is COC(OC)c1ccnc(C2CNCCO2)n1. The zero-order chi connectivity index (χ0) is 12.1. The minimum atomic E-state index is -0.465. The van der Waals surface area contributed by atoms with Crippen molar-refractivity contribution >= 4 is 0 Å². The summed E-state index contributed by atoms with van der Waals surface area (Å²) in [6.07, 6.45) is 1.13. The van der Waals surface area contributed by atoms with Gasteiger partial charge in [-0.1, -0.05) is 0 Å². The largest absolute Gasteiger partial charge is 0.368 e. The number of aromatic nitrogens is 2. The van der Waals surface area contributed by atoms with Crippen LogP contribution in [0.2, 0.25) is 0 Å². The minimum Gasteiger partial charge on any atom is -0.368 e. The summed E-state index contributed by atoms with van der Waals surface area (Å²) in [6.45, 7) is 2.28. The van der Waals surface area contributed by atoms with E-state index in [1.165, 1.54) is 0 Å². The second-order valence-corrected chi connectivity index (χ2v) is 3.71. The molecule has 1 aliphatic heterocycles. The lowest BCUT2D eigenvalue weighted by Crippen LogP contribution is -2.34. The lowest BCUT2D eigenvalue weighted by atomic mass is 10.2. The van der Waals surface area contributed by atoms with Crippen LogP contribution in [0.1, 0.15) is 23.9 Å². The summed E-state index contributed by atoms with van der Waals surface area (Å²) >= 11 is 0. The van der Waals surface area contributed by atoms with E-state index >= 15 is 0 Å². The fraction of sp³-hybridized carbons (Fsp3) is 0.636. The summed E-state index contributed by atoms with van der Waals surface area (Å²) in [7, 11) is 3.16. The number of hydrogen-bond acceptors (Lipinski definition) is 6. The van der Waals surface area contributed by atoms with E-state index in [1.807, 2.05) is 0 Å². The van der Waals surface area contributed by atoms with Crippen molar-refractivity contribution in [1.29, 1.82) is 0 Å². The third-order valence-corrected chi connectivity index (χ3v) is 2.58. The van der Waals surface area contributed by atoms with Gasteiger partial charge in [0.05, 0.1) is 6.61 Å². The van der Waals surface area contributed by atoms with Crippen LogP contribution in [0.3, 0.4) is 0 Å². The summed E-state index contributed by atoms with van der Waals surface area (Å²) in [5, 5.41) is 3.24. The molecule has 1 aromatic rings. The average molecular weight is 239 g/mol. The molecule has 1 atom stereocenters. The molecule has 0 aliphatic carbocycles. The van der Waals surface area contributed by atoms with E-state index in [0.717, 1.165) is 13.1 Å². The quantitative estimate of drug-likeness (QED) is 0.769. The zero-order valence-corrected chi connectivity index (χ0v) is 10.0. The van der Waals surface area contributed by atoms with E-state index in [0.29, 0.717) is 18.1 Å². The highest BCUT2D eigenvalue weighted by atomic mass is 16.7. The van der Waals surface area contributed by atoms with Crippen LogP contribution in [0.15, 0.2) is 12.3 Å². The van der Waals surface area contributed by atoms with Gasteiger partial charge in [0.15, 0.2) is 5.82 Å². The van der Waals surface area contributed by atoms with E-state index < -0.39 is 6.29 Å². The zero-order valence-electron chi connectivity index (χ0n) is 10.0. The highest BCUT2D eigenvalue weighted by Crippen LogP contribution is 2.18. The molecule has 1 aromatic heterocycles. The summed E-state index contributed by atoms with van der Waals surface area (Å²) in [5.41, 5.74) is 0.703. The molecule has 0 radical (unpaired) electrons. The fourth-order valence-electron chi connectivity index (χ4n) is 1.74. The summed E-state index contributed by atoms with van der Waals surface area (Å²) < 4.78 is 15.9. The highest BCUT2D eigenvalue weighted by molar-refractivity contribution is 5.06. The average Bonchev–Trinajstić information content (AvgIpc) is 2.42. The van der Waals surface area contributed by atoms with Gasteiger partial charge in [-0.3, -0.25) is 0 Å². The Labute approximate surface area is 100 Å². The molecule has 17 heavy (non-hydrogen) atoms. The molecule has 0 amide bonds. The second-order valence-electron chi connectivity index (χ2n) is 3.71. The fourth-order valence-corrected chi connectivity index (χ4v) is 1.74. The van der Waals surface area contributed by atoms with Crippen LogP contribution in [0.4, 0.5) is 0 Å². The van der Waals surface area contributed by atoms with Gasteiger partial charge >= 0.3 is 0 Å². The molecule has 1 unspecified atom stereocenters. The van der Waals surface area contributed by atoms with Gasteiger partial charge in [0.2, 0.25) is 6.29 Å². The van der Waals surface area contributed by atoms with Gasteiger partial charge in [0, 0.05) is 33.5 Å². The molecule has 6 heteroatoms. The van der Waals surface area contributed by atoms with Crippen molar-refractivity contribution in [3.63, 3.8) is 0 Å². The van der Waals surface area contributed by atoms with Gasteiger partial charge in [0.25, 0.3) is 0 Å². The molecule has 0 bridgehead atoms. The maximum absolute atomic E-state index is 5.60. The third kappa shape index (κ3) is 2.98. The maximum atomic E-state index is 5.60. The first kappa shape index (κ1) is 12.4. The normalized spacial score (nSPS) is 20.8. The minimum absolute atomic E-state index is 0.0990. The molecule has 1 fully saturated rings. The smallest absolute Gasteiger partial charge is 0.200 e. The van der Waals surface area contributed by atoms with Gasteiger partial charge in [-0.05, 0) is 6.07 Å². The maximum Gasteiger partial charge on any atom is 0.200 e. The first-order chi connectivity index (χ1) is 8.35. The first-order valence-electron chi connectivity index (χ1n) is 5.56. The Morgan fingerprint density at radius 3 is 2.94 bits per heavy atom. The summed E-state index contributed by atoms with van der Waals surface area (Å²) in [5.74, 6) is 0.661. The van der Waals surface area contributed by atoms with Crippen LogP contribution in [-0.2, 0) is 14.2 Å². The van der Waals surface area contributed by atoms with E-state index in [9.17, 15) is 0 Å². The molecule has 0 aromatic carbocycles. The number of nitrogens with zero attached hydrogens (tertiary/aromatic N) is 2. The molecular formula is C11H17N3O3. The van der Waals surface area contributed by atoms with Crippen molar-refractivity contribution in [2.75, 3.05) is 33.9 Å². The number of nitrogens with one attached hydrogen (secondary N) is 1. The van der Waals surface area contributed by atoms with Gasteiger partial charge in [-0.25, -0.2) is 9.97 Å². The van der Waals surface area contributed by atoms with Crippen LogP contribution in [-0.4, -0.2) is 43.9 Å². The third-order valence-electron chi connectivity index (χ3n) is 2.58. The number of morpholine rings is 1. The van der Waals surface area contributed by atoms with Crippen LogP contribution in [0, 0.1) is 0 Å². The van der Waals surface area contributed by atoms with Gasteiger partial charge in [0.1, 0.15) is 11.8 Å². The molecule has 0 spiro atoms. The number of methoxy groups -OCH3 is 2. The van der Waals surface area contributed by atoms with Crippen LogP contribution in [0.25, 0.3) is 0 Å². The molecular weight excluding hydrogens is 222 g/mol. The molecule has 0 saturated carbocycles. The second kappa shape index (κ2) is 6.02. The van der Waals surface area contributed by atoms with Crippen molar-refractivity contribution in [3.05, 3.63) is 23.8 Å². The molecule has 1 N–H and O–H groups in total. The molecule has 1 saturated heterocycles. The summed E-state index contributed by atoms with van der Waals surface area (Å²) in [4.78, 5) is 8.64. The van der Waals surface area contributed by atoms with Crippen LogP contribution >= 0.6 is 0 Å². The monoisotopic (exact) mass is 239 g/mol. The molecule has 6 nitrogen and oxygen atoms in total. The van der Waals surface area contributed by atoms with Gasteiger partial charge in [-0.15, -0.1) is 0 Å². The number of ether oxygens (including phenoxy) is 3. The van der Waals surface area contributed by atoms with Crippen LogP contribution in [0.5, 0.6) is 0 Å². The highest BCUT2D eigenvalue weighted by Gasteiger charge is 2.20. The predicted molar refractivity (Wildman–Crippen MR) is 60.4 cm³/mol. The first-order valence-corrected chi connectivity index (χ1v) is 5.56. The van der Waals surface area contributed by atoms with Crippen molar-refractivity contribution in [2.45, 2.75) is 12.4 Å². The number of rotatable bonds is 4. The Hall–Kier alpha value is -1.08. The molecule has 1 aliphatic rings. The predicted octanol–water partition coefficient (Wildman–Crippen LogP) is 0.429. The molecule has 94 valence electrons. The van der Waals surface area contributed by atoms with E-state index in [-0.39, 0.29) is 6.10 Å². The Balaban J connectivity index is 2.15. The standard InChI is InChI=1S/C11H17N3O3/c1-15-11(16-2)8-3-4-13-10(14-8)9-7-12-5-6-17-9/h3-4,9,11-12H,5-7H2,1-2H3. The van der Waals surface area contributed by atoms with Crippen molar-refractivity contribution < 1.29 is 14.2 Å². The van der Waals surface area contributed by atoms with Gasteiger partial charge in [-0.2, -0.15) is 0 Å². The Kier molecular flexibility index (Phi) is 4.38. The van der Waals surface area contributed by atoms with Crippen molar-refractivity contribution in [2.24, 2.45) is 0 Å². The van der Waals surface area contributed by atoms with Crippen LogP contribution < -0.4 is 5.32 Å². The molecule has 2 heterocycles. The lowest BCUT2D eigenvalue weighted by molar-refractivity contribution is -0.109. The number of hydrogen-bond donors (Lipinski definition) is 1. The Bertz CT molecular complexity index is 352. The Morgan fingerprint density at radius 2 is 2.29 bits per heavy atom. The van der Waals surface area contributed by atoms with Crippen molar-refractivity contribution in [1.82, 2.24) is 15.3 Å². The van der Waals surface area contributed by atoms with Crippen molar-refractivity contribution in [3.8, 4) is 0 Å². The van der Waals surface area contributed by atoms with E-state index in [4.69, 9.17) is 14.2 Å². The van der Waals surface area contributed by atoms with Gasteiger partial charge < -0.3 is 19.5 Å². The van der Waals surface area contributed by atoms with E-state index in [1.54, 1.807) is 26.5 Å². The summed E-state index contributed by atoms with van der Waals surface area (Å²) in [6, 6.07) is 1.78.